The van der Waals surface area contributed by atoms with Crippen molar-refractivity contribution in [1.29, 1.82) is 0 Å². The number of aliphatic imine (C=N–C) groups is 1. The summed E-state index contributed by atoms with van der Waals surface area (Å²) in [5.41, 5.74) is 6.34. The fraction of sp³-hybridized carbons (Fsp3) is 0.273. The van der Waals surface area contributed by atoms with Crippen molar-refractivity contribution < 1.29 is 14.7 Å². The lowest BCUT2D eigenvalue weighted by Crippen LogP contribution is -2.40. The zero-order valence-electron chi connectivity index (χ0n) is 11.1. The van der Waals surface area contributed by atoms with Crippen LogP contribution in [0.1, 0.15) is 0 Å². The first-order chi connectivity index (χ1) is 10.4. The molecule has 0 radical (unpaired) electrons. The zero-order valence-corrected chi connectivity index (χ0v) is 12.6. The van der Waals surface area contributed by atoms with Gasteiger partial charge in [0.15, 0.2) is 6.61 Å². The van der Waals surface area contributed by atoms with Crippen LogP contribution in [0.5, 0.6) is 0 Å². The van der Waals surface area contributed by atoms with E-state index in [1.807, 2.05) is 0 Å². The van der Waals surface area contributed by atoms with Crippen molar-refractivity contribution in [2.75, 3.05) is 30.7 Å². The van der Waals surface area contributed by atoms with E-state index in [4.69, 9.17) is 28.9 Å². The maximum Gasteiger partial charge on any atom is 0.295 e. The van der Waals surface area contributed by atoms with E-state index in [0.717, 1.165) is 0 Å². The third-order valence-electron chi connectivity index (χ3n) is 2.74. The van der Waals surface area contributed by atoms with Gasteiger partial charge in [0, 0.05) is 12.2 Å². The monoisotopic (exact) mass is 347 g/mol. The highest BCUT2D eigenvalue weighted by atomic mass is 35.5. The van der Waals surface area contributed by atoms with Crippen LogP contribution in [0.15, 0.2) is 17.1 Å². The summed E-state index contributed by atoms with van der Waals surface area (Å²) < 4.78 is 0. The van der Waals surface area contributed by atoms with Gasteiger partial charge in [-0.05, 0) is 12.1 Å². The number of nitrogens with one attached hydrogen (secondary N) is 1. The zero-order chi connectivity index (χ0) is 16.3. The molecule has 1 heterocycles. The number of guanidine groups is 1. The molecule has 1 amide bonds. The van der Waals surface area contributed by atoms with Crippen molar-refractivity contribution in [2.24, 2.45) is 4.99 Å². The van der Waals surface area contributed by atoms with Gasteiger partial charge in [-0.25, -0.2) is 0 Å². The second-order valence-electron chi connectivity index (χ2n) is 4.23. The Hall–Kier alpha value is -2.26. The van der Waals surface area contributed by atoms with Crippen molar-refractivity contribution in [3.05, 3.63) is 32.3 Å². The average Bonchev–Trinajstić information content (AvgIpc) is 2.88. The number of nitrogen functional groups attached to an aromatic ring is 1. The second-order valence-corrected chi connectivity index (χ2v) is 5.05. The molecule has 0 bridgehead atoms. The largest absolute Gasteiger partial charge is 0.399 e. The summed E-state index contributed by atoms with van der Waals surface area (Å²) in [6.45, 7) is -0.0832. The number of carbonyl (C=O) groups is 1. The molecule has 118 valence electrons. The van der Waals surface area contributed by atoms with Gasteiger partial charge in [-0.2, -0.15) is 0 Å². The van der Waals surface area contributed by atoms with Crippen LogP contribution in [0.25, 0.3) is 0 Å². The van der Waals surface area contributed by atoms with Gasteiger partial charge in [0.2, 0.25) is 5.96 Å². The van der Waals surface area contributed by atoms with Crippen LogP contribution >= 0.6 is 23.2 Å². The summed E-state index contributed by atoms with van der Waals surface area (Å²) in [6, 6.07) is 2.99. The molecule has 1 aromatic rings. The molecular weight excluding hydrogens is 337 g/mol. The number of hydrogen-bond donors (Lipinski definition) is 2. The lowest BCUT2D eigenvalue weighted by molar-refractivity contribution is -0.754. The standard InChI is InChI=1S/C11H11Cl2N5O4/c12-7-3-6(14)4-8(13)10(7)16-11-15-1-2-17(11)9(19)5-22-18(20)21/h3-4H,1-2,5,14H2,(H,15,16). The summed E-state index contributed by atoms with van der Waals surface area (Å²) >= 11 is 12.1. The van der Waals surface area contributed by atoms with Gasteiger partial charge in [0.1, 0.15) is 0 Å². The minimum absolute atomic E-state index is 0.186. The third-order valence-corrected chi connectivity index (χ3v) is 3.33. The normalized spacial score (nSPS) is 13.7. The molecule has 0 fully saturated rings. The van der Waals surface area contributed by atoms with Crippen LogP contribution in [0.4, 0.5) is 11.4 Å². The molecule has 22 heavy (non-hydrogen) atoms. The molecule has 0 saturated carbocycles. The van der Waals surface area contributed by atoms with Crippen molar-refractivity contribution >= 4 is 46.4 Å². The van der Waals surface area contributed by atoms with Crippen LogP contribution in [0.3, 0.4) is 0 Å². The van der Waals surface area contributed by atoms with Crippen LogP contribution in [0.2, 0.25) is 10.0 Å². The van der Waals surface area contributed by atoms with E-state index >= 15 is 0 Å². The molecule has 1 aromatic carbocycles. The van der Waals surface area contributed by atoms with E-state index in [9.17, 15) is 14.9 Å². The lowest BCUT2D eigenvalue weighted by atomic mass is 10.3. The Labute approximate surface area is 134 Å². The van der Waals surface area contributed by atoms with E-state index < -0.39 is 17.6 Å². The number of carbonyl (C=O) groups excluding carboxylic acids is 1. The van der Waals surface area contributed by atoms with Gasteiger partial charge >= 0.3 is 0 Å². The van der Waals surface area contributed by atoms with Gasteiger partial charge in [0.05, 0.1) is 22.3 Å². The lowest BCUT2D eigenvalue weighted by Gasteiger charge is -2.20. The number of amides is 1. The molecular formula is C11H11Cl2N5O4. The summed E-state index contributed by atoms with van der Waals surface area (Å²) in [5, 5.41) is 12.4. The van der Waals surface area contributed by atoms with Gasteiger partial charge in [-0.1, -0.05) is 23.2 Å². The number of hydrogen-bond acceptors (Lipinski definition) is 7. The van der Waals surface area contributed by atoms with Gasteiger partial charge in [-0.15, -0.1) is 10.1 Å². The van der Waals surface area contributed by atoms with E-state index in [1.165, 1.54) is 17.0 Å². The summed E-state index contributed by atoms with van der Waals surface area (Å²) in [7, 11) is 0. The predicted octanol–water partition coefficient (Wildman–Crippen LogP) is 1.39. The molecule has 0 saturated heterocycles. The maximum atomic E-state index is 11.9. The first-order valence-electron chi connectivity index (χ1n) is 6.02. The Morgan fingerprint density at radius 2 is 2.14 bits per heavy atom. The molecule has 11 heteroatoms. The number of nitrogens with zero attached hydrogens (tertiary/aromatic N) is 3. The summed E-state index contributed by atoms with van der Waals surface area (Å²) in [4.78, 5) is 31.4. The molecule has 3 N–H and O–H groups in total. The number of rotatable bonds is 4. The fourth-order valence-electron chi connectivity index (χ4n) is 1.81. The molecule has 0 aliphatic carbocycles. The fourth-order valence-corrected chi connectivity index (χ4v) is 2.41. The average molecular weight is 348 g/mol. The SMILES string of the molecule is Nc1cc(Cl)c(NC2=NCCN2C(=O)CO[N+](=O)[O-])c(Cl)c1. The first kappa shape index (κ1) is 16.1. The number of nitrogens with two attached hydrogens (primary N) is 1. The van der Waals surface area contributed by atoms with Crippen molar-refractivity contribution in [2.45, 2.75) is 0 Å². The van der Waals surface area contributed by atoms with Gasteiger partial charge in [-0.3, -0.25) is 14.7 Å². The minimum atomic E-state index is -1.04. The Morgan fingerprint density at radius 1 is 1.50 bits per heavy atom. The van der Waals surface area contributed by atoms with Gasteiger partial charge in [0.25, 0.3) is 11.0 Å². The van der Waals surface area contributed by atoms with Crippen LogP contribution in [-0.2, 0) is 9.63 Å². The van der Waals surface area contributed by atoms with Crippen LogP contribution < -0.4 is 11.1 Å². The third kappa shape index (κ3) is 3.68. The highest BCUT2D eigenvalue weighted by Crippen LogP contribution is 2.33. The number of benzene rings is 1. The Kier molecular flexibility index (Phi) is 4.88. The maximum absolute atomic E-state index is 11.9. The molecule has 0 atom stereocenters. The molecule has 0 spiro atoms. The van der Waals surface area contributed by atoms with Crippen molar-refractivity contribution in [1.82, 2.24) is 4.90 Å². The van der Waals surface area contributed by atoms with Crippen LogP contribution in [0, 0.1) is 10.1 Å². The molecule has 1 aliphatic rings. The molecule has 0 aromatic heterocycles. The quantitative estimate of drug-likeness (QED) is 0.482. The van der Waals surface area contributed by atoms with Gasteiger partial charge < -0.3 is 15.9 Å². The smallest absolute Gasteiger partial charge is 0.295 e. The van der Waals surface area contributed by atoms with E-state index in [-0.39, 0.29) is 22.5 Å². The predicted molar refractivity (Wildman–Crippen MR) is 81.5 cm³/mol. The molecule has 9 nitrogen and oxygen atoms in total. The number of anilines is 2. The van der Waals surface area contributed by atoms with E-state index in [2.05, 4.69) is 15.1 Å². The highest BCUT2D eigenvalue weighted by Gasteiger charge is 2.25. The van der Waals surface area contributed by atoms with E-state index in [0.29, 0.717) is 17.9 Å². The summed E-state index contributed by atoms with van der Waals surface area (Å²) in [5.74, 6) is -0.423. The Morgan fingerprint density at radius 3 is 2.73 bits per heavy atom. The number of halogens is 2. The first-order valence-corrected chi connectivity index (χ1v) is 6.77. The highest BCUT2D eigenvalue weighted by molar-refractivity contribution is 6.40. The second kappa shape index (κ2) is 6.67. The van der Waals surface area contributed by atoms with E-state index in [1.54, 1.807) is 0 Å². The molecule has 2 rings (SSSR count). The van der Waals surface area contributed by atoms with Crippen LogP contribution in [-0.4, -0.2) is 41.5 Å². The molecule has 1 aliphatic heterocycles. The summed E-state index contributed by atoms with van der Waals surface area (Å²) in [6.07, 6.45) is 0. The Bertz CT molecular complexity index is 628. The Balaban J connectivity index is 2.12. The van der Waals surface area contributed by atoms with Crippen molar-refractivity contribution in [3.8, 4) is 0 Å². The minimum Gasteiger partial charge on any atom is -0.399 e. The van der Waals surface area contributed by atoms with Crippen molar-refractivity contribution in [3.63, 3.8) is 0 Å². The molecule has 0 unspecified atom stereocenters. The topological polar surface area (TPSA) is 123 Å².